The van der Waals surface area contributed by atoms with Crippen LogP contribution in [-0.4, -0.2) is 72.8 Å². The second kappa shape index (κ2) is 7.21. The predicted molar refractivity (Wildman–Crippen MR) is 80.8 cm³/mol. The minimum atomic E-state index is -0.393. The number of carbonyl (C=O) groups excluding carboxylic acids is 1. The van der Waals surface area contributed by atoms with Crippen molar-refractivity contribution in [1.82, 2.24) is 14.7 Å². The van der Waals surface area contributed by atoms with Crippen LogP contribution in [0.4, 0.5) is 0 Å². The Labute approximate surface area is 131 Å². The summed E-state index contributed by atoms with van der Waals surface area (Å²) in [4.78, 5) is 14.4. The summed E-state index contributed by atoms with van der Waals surface area (Å²) >= 11 is 0. The number of amides is 1. The van der Waals surface area contributed by atoms with E-state index in [9.17, 15) is 4.79 Å². The third-order valence-electron chi connectivity index (χ3n) is 3.51. The third-order valence-corrected chi connectivity index (χ3v) is 3.51. The Hall–Kier alpha value is -1.44. The minimum Gasteiger partial charge on any atom is -0.383 e. The number of ether oxygens (including phenoxy) is 3. The highest BCUT2D eigenvalue weighted by atomic mass is 16.5. The highest BCUT2D eigenvalue weighted by Gasteiger charge is 2.36. The van der Waals surface area contributed by atoms with Gasteiger partial charge in [0.15, 0.2) is 0 Å². The molecule has 1 aliphatic rings. The first kappa shape index (κ1) is 16.9. The monoisotopic (exact) mass is 311 g/mol. The molecule has 0 radical (unpaired) electrons. The van der Waals surface area contributed by atoms with Gasteiger partial charge in [0, 0.05) is 33.5 Å². The molecular weight excluding hydrogens is 286 g/mol. The molecule has 0 bridgehead atoms. The van der Waals surface area contributed by atoms with Gasteiger partial charge in [-0.05, 0) is 19.9 Å². The Morgan fingerprint density at radius 2 is 2.23 bits per heavy atom. The molecule has 1 saturated heterocycles. The van der Waals surface area contributed by atoms with E-state index in [0.29, 0.717) is 38.5 Å². The largest absolute Gasteiger partial charge is 0.383 e. The van der Waals surface area contributed by atoms with E-state index in [2.05, 4.69) is 5.10 Å². The van der Waals surface area contributed by atoms with Crippen LogP contribution in [0.2, 0.25) is 0 Å². The summed E-state index contributed by atoms with van der Waals surface area (Å²) in [5.41, 5.74) is 0.0559. The Kier molecular flexibility index (Phi) is 5.55. The molecule has 0 aromatic carbocycles. The summed E-state index contributed by atoms with van der Waals surface area (Å²) < 4.78 is 17.8. The topological polar surface area (TPSA) is 65.8 Å². The van der Waals surface area contributed by atoms with Crippen LogP contribution < -0.4 is 0 Å². The van der Waals surface area contributed by atoms with Crippen molar-refractivity contribution in [3.8, 4) is 0 Å². The summed E-state index contributed by atoms with van der Waals surface area (Å²) in [5, 5.41) is 4.32. The van der Waals surface area contributed by atoms with Crippen molar-refractivity contribution >= 4 is 5.91 Å². The first-order chi connectivity index (χ1) is 10.4. The Bertz CT molecular complexity index is 501. The van der Waals surface area contributed by atoms with Gasteiger partial charge in [0.05, 0.1) is 31.5 Å². The zero-order valence-electron chi connectivity index (χ0n) is 13.7. The van der Waals surface area contributed by atoms with Crippen molar-refractivity contribution in [3.05, 3.63) is 18.0 Å². The van der Waals surface area contributed by atoms with E-state index in [-0.39, 0.29) is 12.0 Å². The van der Waals surface area contributed by atoms with Crippen molar-refractivity contribution in [1.29, 1.82) is 0 Å². The lowest BCUT2D eigenvalue weighted by Crippen LogP contribution is -2.55. The average Bonchev–Trinajstić information content (AvgIpc) is 2.91. The van der Waals surface area contributed by atoms with Gasteiger partial charge in [-0.3, -0.25) is 9.48 Å². The Morgan fingerprint density at radius 1 is 1.45 bits per heavy atom. The number of hydrogen-bond acceptors (Lipinski definition) is 5. The van der Waals surface area contributed by atoms with E-state index in [4.69, 9.17) is 14.2 Å². The summed E-state index contributed by atoms with van der Waals surface area (Å²) in [7, 11) is 3.27. The van der Waals surface area contributed by atoms with Crippen molar-refractivity contribution in [2.24, 2.45) is 0 Å². The smallest absolute Gasteiger partial charge is 0.274 e. The van der Waals surface area contributed by atoms with E-state index in [1.54, 1.807) is 36.1 Å². The molecule has 0 spiro atoms. The Morgan fingerprint density at radius 3 is 2.91 bits per heavy atom. The lowest BCUT2D eigenvalue weighted by Gasteiger charge is -2.42. The van der Waals surface area contributed by atoms with E-state index < -0.39 is 5.60 Å². The van der Waals surface area contributed by atoms with Gasteiger partial charge in [0.1, 0.15) is 5.69 Å². The lowest BCUT2D eigenvalue weighted by molar-refractivity contribution is -0.143. The standard InChI is InChI=1S/C15H25N3O4/c1-15(2)11-17(9-12(22-15)10-21-4)14(19)13-5-6-18(16-13)7-8-20-3/h5-6,12H,7-11H2,1-4H3/t12-/m1/s1. The van der Waals surface area contributed by atoms with Crippen LogP contribution in [-0.2, 0) is 20.8 Å². The number of nitrogens with zero attached hydrogens (tertiary/aromatic N) is 3. The molecule has 0 unspecified atom stereocenters. The molecule has 7 nitrogen and oxygen atoms in total. The maximum atomic E-state index is 12.6. The van der Waals surface area contributed by atoms with Crippen molar-refractivity contribution in [3.63, 3.8) is 0 Å². The number of methoxy groups -OCH3 is 2. The molecule has 0 saturated carbocycles. The van der Waals surface area contributed by atoms with Crippen LogP contribution in [0.1, 0.15) is 24.3 Å². The second-order valence-electron chi connectivity index (χ2n) is 6.10. The van der Waals surface area contributed by atoms with Crippen LogP contribution in [0.15, 0.2) is 12.3 Å². The van der Waals surface area contributed by atoms with Gasteiger partial charge in [-0.15, -0.1) is 0 Å². The van der Waals surface area contributed by atoms with E-state index >= 15 is 0 Å². The molecule has 2 rings (SSSR count). The van der Waals surface area contributed by atoms with Gasteiger partial charge in [0.25, 0.3) is 5.91 Å². The van der Waals surface area contributed by atoms with Crippen molar-refractivity contribution in [2.45, 2.75) is 32.1 Å². The molecule has 1 aromatic rings. The predicted octanol–water partition coefficient (Wildman–Crippen LogP) is 0.795. The SMILES string of the molecule is COCCn1ccc(C(=O)N2C[C@H](COC)OC(C)(C)C2)n1. The van der Waals surface area contributed by atoms with Gasteiger partial charge in [-0.1, -0.05) is 0 Å². The van der Waals surface area contributed by atoms with Crippen LogP contribution >= 0.6 is 0 Å². The molecule has 124 valence electrons. The number of rotatable bonds is 6. The van der Waals surface area contributed by atoms with Crippen molar-refractivity contribution < 1.29 is 19.0 Å². The molecule has 1 aromatic heterocycles. The number of hydrogen-bond donors (Lipinski definition) is 0. The molecule has 0 aliphatic carbocycles. The molecule has 0 N–H and O–H groups in total. The lowest BCUT2D eigenvalue weighted by atomic mass is 10.0. The normalized spacial score (nSPS) is 21.1. The van der Waals surface area contributed by atoms with E-state index in [1.807, 2.05) is 13.8 Å². The summed E-state index contributed by atoms with van der Waals surface area (Å²) in [6, 6.07) is 1.74. The average molecular weight is 311 g/mol. The summed E-state index contributed by atoms with van der Waals surface area (Å²) in [5.74, 6) is -0.0753. The van der Waals surface area contributed by atoms with Crippen LogP contribution in [0.5, 0.6) is 0 Å². The van der Waals surface area contributed by atoms with Gasteiger partial charge in [0.2, 0.25) is 0 Å². The molecule has 1 fully saturated rings. The highest BCUT2D eigenvalue weighted by molar-refractivity contribution is 5.92. The first-order valence-electron chi connectivity index (χ1n) is 7.43. The number of morpholine rings is 1. The fourth-order valence-electron chi connectivity index (χ4n) is 2.67. The van der Waals surface area contributed by atoms with E-state index in [0.717, 1.165) is 0 Å². The molecule has 1 atom stereocenters. The van der Waals surface area contributed by atoms with E-state index in [1.165, 1.54) is 0 Å². The zero-order valence-corrected chi connectivity index (χ0v) is 13.7. The molecule has 7 heteroatoms. The minimum absolute atomic E-state index is 0.0753. The van der Waals surface area contributed by atoms with Crippen LogP contribution in [0.3, 0.4) is 0 Å². The van der Waals surface area contributed by atoms with Crippen LogP contribution in [0.25, 0.3) is 0 Å². The molecule has 1 amide bonds. The van der Waals surface area contributed by atoms with Gasteiger partial charge in [-0.25, -0.2) is 0 Å². The molecule has 22 heavy (non-hydrogen) atoms. The number of aromatic nitrogens is 2. The first-order valence-corrected chi connectivity index (χ1v) is 7.43. The fraction of sp³-hybridized carbons (Fsp3) is 0.733. The number of carbonyl (C=O) groups is 1. The fourth-order valence-corrected chi connectivity index (χ4v) is 2.67. The van der Waals surface area contributed by atoms with Gasteiger partial charge in [-0.2, -0.15) is 5.10 Å². The molecular formula is C15H25N3O4. The quantitative estimate of drug-likeness (QED) is 0.777. The Balaban J connectivity index is 2.05. The third kappa shape index (κ3) is 4.28. The molecule has 1 aliphatic heterocycles. The zero-order chi connectivity index (χ0) is 16.2. The second-order valence-corrected chi connectivity index (χ2v) is 6.10. The highest BCUT2D eigenvalue weighted by Crippen LogP contribution is 2.22. The molecule has 2 heterocycles. The summed E-state index contributed by atoms with van der Waals surface area (Å²) in [6.45, 7) is 6.67. The van der Waals surface area contributed by atoms with Crippen LogP contribution in [0, 0.1) is 0 Å². The van der Waals surface area contributed by atoms with Gasteiger partial charge >= 0.3 is 0 Å². The maximum absolute atomic E-state index is 12.6. The van der Waals surface area contributed by atoms with Crippen molar-refractivity contribution in [2.75, 3.05) is 40.5 Å². The maximum Gasteiger partial charge on any atom is 0.274 e. The summed E-state index contributed by atoms with van der Waals surface area (Å²) in [6.07, 6.45) is 1.68. The van der Waals surface area contributed by atoms with Gasteiger partial charge < -0.3 is 19.1 Å².